The molecule has 1 aliphatic rings. The highest BCUT2D eigenvalue weighted by atomic mass is 35.5. The van der Waals surface area contributed by atoms with Gasteiger partial charge < -0.3 is 9.55 Å². The number of Topliss-reactive ketones (excluding diaryl/α,β-unsaturated/α-hetero) is 1. The van der Waals surface area contributed by atoms with Gasteiger partial charge in [-0.25, -0.2) is 4.98 Å². The van der Waals surface area contributed by atoms with Crippen molar-refractivity contribution in [2.45, 2.75) is 19.3 Å². The van der Waals surface area contributed by atoms with Gasteiger partial charge in [0, 0.05) is 45.4 Å². The van der Waals surface area contributed by atoms with Gasteiger partial charge in [0.1, 0.15) is 0 Å². The molecule has 1 N–H and O–H groups in total. The second kappa shape index (κ2) is 5.61. The molecule has 5 heteroatoms. The lowest BCUT2D eigenvalue weighted by molar-refractivity contribution is 0.0909. The summed E-state index contributed by atoms with van der Waals surface area (Å²) in [5.74, 6) is -0.136. The van der Waals surface area contributed by atoms with Crippen molar-refractivity contribution in [2.75, 3.05) is 0 Å². The topological polar surface area (TPSA) is 50.7 Å². The highest BCUT2D eigenvalue weighted by molar-refractivity contribution is 6.09. The largest absolute Gasteiger partial charge is 0.350 e. The Morgan fingerprint density at radius 2 is 2.32 bits per heavy atom. The lowest BCUT2D eigenvalue weighted by Crippen LogP contribution is -2.22. The predicted molar refractivity (Wildman–Crippen MR) is 88.6 cm³/mol. The quantitative estimate of drug-likeness (QED) is 0.737. The van der Waals surface area contributed by atoms with Gasteiger partial charge in [-0.3, -0.25) is 4.79 Å². The number of aromatic nitrogens is 3. The normalized spacial score (nSPS) is 19.6. The van der Waals surface area contributed by atoms with Gasteiger partial charge in [0.2, 0.25) is 0 Å². The third-order valence-electron chi connectivity index (χ3n) is 4.34. The lowest BCUT2D eigenvalue weighted by atomic mass is 9.84. The average Bonchev–Trinajstić information content (AvgIpc) is 3.17. The zero-order chi connectivity index (χ0) is 16.9. The van der Waals surface area contributed by atoms with Gasteiger partial charge in [0.05, 0.1) is 12.0 Å². The Morgan fingerprint density at radius 3 is 3.18 bits per heavy atom. The Morgan fingerprint density at radius 1 is 1.45 bits per heavy atom. The summed E-state index contributed by atoms with van der Waals surface area (Å²) in [4.78, 5) is 20.4. The van der Waals surface area contributed by atoms with Crippen LogP contribution >= 0.6 is 12.4 Å². The number of hydrogen-bond donors (Lipinski definition) is 1. The van der Waals surface area contributed by atoms with Crippen molar-refractivity contribution >= 4 is 29.1 Å². The number of benzene rings is 1. The number of imidazole rings is 1. The van der Waals surface area contributed by atoms with Gasteiger partial charge in [-0.15, -0.1) is 12.4 Å². The lowest BCUT2D eigenvalue weighted by Gasteiger charge is -2.19. The molecule has 3 aromatic rings. The van der Waals surface area contributed by atoms with Gasteiger partial charge in [0.25, 0.3) is 0 Å². The maximum Gasteiger partial charge on any atom is 0.168 e. The van der Waals surface area contributed by atoms with E-state index >= 15 is 0 Å². The first-order chi connectivity index (χ1) is 11.4. The highest BCUT2D eigenvalue weighted by Gasteiger charge is 2.28. The van der Waals surface area contributed by atoms with E-state index in [1.807, 2.05) is 12.1 Å². The van der Waals surface area contributed by atoms with Crippen LogP contribution in [0, 0.1) is 5.92 Å². The summed E-state index contributed by atoms with van der Waals surface area (Å²) in [5, 5.41) is 0.703. The van der Waals surface area contributed by atoms with Crippen LogP contribution in [0.1, 0.15) is 32.3 Å². The number of carbonyl (C=O) groups excluding carboxylic acids is 1. The fraction of sp³-hybridized carbons (Fsp3) is 0.294. The Hall–Kier alpha value is -2.07. The molecule has 0 fully saturated rings. The van der Waals surface area contributed by atoms with E-state index in [0.29, 0.717) is 22.9 Å². The molecule has 4 nitrogen and oxygen atoms in total. The molecule has 1 aromatic carbocycles. The fourth-order valence-corrected chi connectivity index (χ4v) is 3.22. The summed E-state index contributed by atoms with van der Waals surface area (Å²) in [6.45, 7) is -2.30. The van der Waals surface area contributed by atoms with Crippen LogP contribution in [-0.2, 0) is 19.8 Å². The number of nitrogens with one attached hydrogen (secondary N) is 1. The molecular weight excluding hydrogens is 298 g/mol. The summed E-state index contributed by atoms with van der Waals surface area (Å²) < 4.78 is 24.3. The number of nitrogens with zero attached hydrogens (tertiary/aromatic N) is 2. The van der Waals surface area contributed by atoms with Gasteiger partial charge in [0.15, 0.2) is 5.78 Å². The first-order valence-corrected chi connectivity index (χ1v) is 7.11. The van der Waals surface area contributed by atoms with Crippen molar-refractivity contribution < 1.29 is 8.91 Å². The predicted octanol–water partition coefficient (Wildman–Crippen LogP) is 3.31. The number of carbonyl (C=O) groups is 1. The van der Waals surface area contributed by atoms with Crippen molar-refractivity contribution in [1.29, 1.82) is 0 Å². The second-order valence-electron chi connectivity index (χ2n) is 5.56. The standard InChI is InChI=1S/C17H17N3O.ClH/c1-20-9-13(12-4-2-3-5-16(12)20)17(21)11-6-7-14-15(8-11)19-10-18-14;/h2-5,9-11H,6-8H2,1H3,(H,18,19);1H/t11-;/m1./s1/i1D3;. The number of rotatable bonds is 2. The summed E-state index contributed by atoms with van der Waals surface area (Å²) in [7, 11) is 0. The van der Waals surface area contributed by atoms with E-state index in [2.05, 4.69) is 9.97 Å². The molecule has 0 unspecified atom stereocenters. The molecule has 0 saturated heterocycles. The van der Waals surface area contributed by atoms with Gasteiger partial charge >= 0.3 is 0 Å². The molecule has 2 heterocycles. The Bertz CT molecular complexity index is 929. The zero-order valence-corrected chi connectivity index (χ0v) is 12.7. The third-order valence-corrected chi connectivity index (χ3v) is 4.34. The van der Waals surface area contributed by atoms with E-state index < -0.39 is 6.98 Å². The first kappa shape index (κ1) is 11.5. The maximum atomic E-state index is 13.1. The number of aromatic amines is 1. The number of ketones is 1. The molecular formula is C17H18ClN3O. The van der Waals surface area contributed by atoms with Crippen molar-refractivity contribution in [3.05, 3.63) is 53.7 Å². The third kappa shape index (κ3) is 2.24. The molecule has 22 heavy (non-hydrogen) atoms. The van der Waals surface area contributed by atoms with Crippen LogP contribution in [-0.4, -0.2) is 20.3 Å². The number of aryl methyl sites for hydroxylation is 2. The molecule has 1 atom stereocenters. The molecule has 0 radical (unpaired) electrons. The van der Waals surface area contributed by atoms with Crippen LogP contribution in [0.4, 0.5) is 0 Å². The van der Waals surface area contributed by atoms with Gasteiger partial charge in [-0.2, -0.15) is 0 Å². The van der Waals surface area contributed by atoms with Crippen LogP contribution in [0.25, 0.3) is 10.9 Å². The van der Waals surface area contributed by atoms with Crippen LogP contribution in [0.15, 0.2) is 36.8 Å². The highest BCUT2D eigenvalue weighted by Crippen LogP contribution is 2.29. The number of halogens is 1. The zero-order valence-electron chi connectivity index (χ0n) is 14.9. The summed E-state index contributed by atoms with van der Waals surface area (Å²) in [6.07, 6.45) is 5.29. The average molecular weight is 319 g/mol. The minimum absolute atomic E-state index is 0. The number of H-pyrrole nitrogens is 1. The second-order valence-corrected chi connectivity index (χ2v) is 5.56. The smallest absolute Gasteiger partial charge is 0.168 e. The minimum atomic E-state index is -2.30. The number of fused-ring (bicyclic) bond motifs is 2. The van der Waals surface area contributed by atoms with Crippen molar-refractivity contribution in [2.24, 2.45) is 12.9 Å². The van der Waals surface area contributed by atoms with E-state index in [9.17, 15) is 4.79 Å². The van der Waals surface area contributed by atoms with Crippen LogP contribution in [0.5, 0.6) is 0 Å². The van der Waals surface area contributed by atoms with E-state index in [-0.39, 0.29) is 24.1 Å². The van der Waals surface area contributed by atoms with E-state index in [0.717, 1.165) is 24.2 Å². The Balaban J connectivity index is 0.00000182. The summed E-state index contributed by atoms with van der Waals surface area (Å²) in [6, 6.07) is 7.18. The van der Waals surface area contributed by atoms with Crippen LogP contribution in [0.3, 0.4) is 0 Å². The van der Waals surface area contributed by atoms with Gasteiger partial charge in [-0.05, 0) is 25.3 Å². The van der Waals surface area contributed by atoms with Crippen molar-refractivity contribution in [1.82, 2.24) is 14.5 Å². The number of hydrogen-bond acceptors (Lipinski definition) is 2. The van der Waals surface area contributed by atoms with Gasteiger partial charge in [-0.1, -0.05) is 18.2 Å². The monoisotopic (exact) mass is 318 g/mol. The molecule has 0 bridgehead atoms. The SMILES string of the molecule is Cl.[2H]C([2H])([2H])n1cc(C(=O)[C@@H]2CCc3nc[nH]c3C2)c2ccccc21. The molecule has 4 rings (SSSR count). The molecule has 0 aliphatic heterocycles. The van der Waals surface area contributed by atoms with E-state index in [1.165, 1.54) is 10.8 Å². The summed E-state index contributed by atoms with van der Waals surface area (Å²) >= 11 is 0. The molecule has 1 aliphatic carbocycles. The molecule has 114 valence electrons. The fourth-order valence-electron chi connectivity index (χ4n) is 3.22. The van der Waals surface area contributed by atoms with E-state index in [1.54, 1.807) is 18.5 Å². The van der Waals surface area contributed by atoms with Crippen LogP contribution in [0.2, 0.25) is 0 Å². The Kier molecular flexibility index (Phi) is 2.93. The molecule has 2 aromatic heterocycles. The van der Waals surface area contributed by atoms with E-state index in [4.69, 9.17) is 4.11 Å². The van der Waals surface area contributed by atoms with Crippen molar-refractivity contribution in [3.8, 4) is 0 Å². The first-order valence-electron chi connectivity index (χ1n) is 8.61. The molecule has 0 spiro atoms. The van der Waals surface area contributed by atoms with Crippen molar-refractivity contribution in [3.63, 3.8) is 0 Å². The molecule has 0 amide bonds. The Labute approximate surface area is 139 Å². The van der Waals surface area contributed by atoms with Crippen LogP contribution < -0.4 is 0 Å². The number of para-hydroxylation sites is 1. The summed E-state index contributed by atoms with van der Waals surface area (Å²) in [5.41, 5.74) is 3.11. The molecule has 0 saturated carbocycles. The maximum absolute atomic E-state index is 13.1. The minimum Gasteiger partial charge on any atom is -0.350 e.